The number of rotatable bonds is 10. The standard InChI is InChI=1S/C25H34N6O3S/c1-16(2)15-31(19-6-10-34-11-7-19)21-5-4-17(25(8-9-25)24(33)30-35-3)12-20(21)29-18-13-27-23(22(26)32)28-14-18/h4-5,12-14,16,19,29H,6-11,15H2,1-3H3,(H2,26,32)(H,30,33). The summed E-state index contributed by atoms with van der Waals surface area (Å²) in [5, 5.41) is 3.46. The maximum absolute atomic E-state index is 12.9. The van der Waals surface area contributed by atoms with Gasteiger partial charge < -0.3 is 20.7 Å². The van der Waals surface area contributed by atoms with Gasteiger partial charge in [-0.25, -0.2) is 9.97 Å². The molecule has 2 aromatic rings. The average Bonchev–Trinajstić information content (AvgIpc) is 3.66. The Hall–Kier alpha value is -2.85. The summed E-state index contributed by atoms with van der Waals surface area (Å²) in [4.78, 5) is 34.9. The topological polar surface area (TPSA) is 122 Å². The molecule has 10 heteroatoms. The Morgan fingerprint density at radius 3 is 2.49 bits per heavy atom. The van der Waals surface area contributed by atoms with E-state index in [-0.39, 0.29) is 11.7 Å². The average molecular weight is 499 g/mol. The van der Waals surface area contributed by atoms with Crippen LogP contribution in [0.3, 0.4) is 0 Å². The van der Waals surface area contributed by atoms with Crippen molar-refractivity contribution >= 4 is 40.8 Å². The molecule has 0 atom stereocenters. The van der Waals surface area contributed by atoms with E-state index in [1.54, 1.807) is 12.4 Å². The molecule has 1 aliphatic heterocycles. The summed E-state index contributed by atoms with van der Waals surface area (Å²) in [5.41, 5.74) is 8.38. The van der Waals surface area contributed by atoms with Crippen LogP contribution < -0.4 is 20.7 Å². The van der Waals surface area contributed by atoms with Crippen LogP contribution in [-0.2, 0) is 14.9 Å². The molecular weight excluding hydrogens is 464 g/mol. The smallest absolute Gasteiger partial charge is 0.286 e. The second-order valence-corrected chi connectivity index (χ2v) is 10.2. The predicted molar refractivity (Wildman–Crippen MR) is 139 cm³/mol. The highest BCUT2D eigenvalue weighted by Crippen LogP contribution is 2.50. The van der Waals surface area contributed by atoms with Gasteiger partial charge in [-0.2, -0.15) is 0 Å². The van der Waals surface area contributed by atoms with Crippen molar-refractivity contribution in [2.45, 2.75) is 51.0 Å². The first kappa shape index (κ1) is 25.2. The van der Waals surface area contributed by atoms with Crippen LogP contribution >= 0.6 is 11.9 Å². The van der Waals surface area contributed by atoms with Gasteiger partial charge in [0, 0.05) is 32.1 Å². The third-order valence-electron chi connectivity index (χ3n) is 6.58. The maximum atomic E-state index is 12.9. The van der Waals surface area contributed by atoms with Crippen LogP contribution in [0.1, 0.15) is 55.7 Å². The van der Waals surface area contributed by atoms with E-state index in [0.29, 0.717) is 17.6 Å². The molecule has 1 saturated heterocycles. The Morgan fingerprint density at radius 1 is 1.23 bits per heavy atom. The number of nitrogens with zero attached hydrogens (tertiary/aromatic N) is 3. The highest BCUT2D eigenvalue weighted by molar-refractivity contribution is 7.97. The predicted octanol–water partition coefficient (Wildman–Crippen LogP) is 3.39. The number of primary amides is 1. The Kier molecular flexibility index (Phi) is 7.81. The molecule has 9 nitrogen and oxygen atoms in total. The van der Waals surface area contributed by atoms with Gasteiger partial charge in [-0.15, -0.1) is 0 Å². The molecule has 4 rings (SSSR count). The lowest BCUT2D eigenvalue weighted by atomic mass is 9.93. The van der Waals surface area contributed by atoms with Crippen molar-refractivity contribution in [1.29, 1.82) is 0 Å². The van der Waals surface area contributed by atoms with Crippen molar-refractivity contribution < 1.29 is 14.3 Å². The Morgan fingerprint density at radius 2 is 1.91 bits per heavy atom. The third-order valence-corrected chi connectivity index (χ3v) is 6.97. The molecule has 1 aromatic heterocycles. The number of nitrogens with one attached hydrogen (secondary N) is 2. The summed E-state index contributed by atoms with van der Waals surface area (Å²) in [6.45, 7) is 6.83. The largest absolute Gasteiger partial charge is 0.381 e. The Bertz CT molecular complexity index is 1050. The molecule has 4 N–H and O–H groups in total. The van der Waals surface area contributed by atoms with Gasteiger partial charge in [-0.05, 0) is 49.3 Å². The first-order chi connectivity index (χ1) is 16.8. The number of anilines is 3. The molecule has 35 heavy (non-hydrogen) atoms. The fraction of sp³-hybridized carbons (Fsp3) is 0.520. The molecule has 2 heterocycles. The van der Waals surface area contributed by atoms with Crippen molar-refractivity contribution in [3.8, 4) is 0 Å². The summed E-state index contributed by atoms with van der Waals surface area (Å²) in [7, 11) is 0. The van der Waals surface area contributed by atoms with Gasteiger partial charge in [0.25, 0.3) is 5.91 Å². The number of nitrogens with two attached hydrogens (primary N) is 1. The number of carbonyl (C=O) groups excluding carboxylic acids is 2. The highest BCUT2D eigenvalue weighted by atomic mass is 32.2. The van der Waals surface area contributed by atoms with Crippen LogP contribution in [0.2, 0.25) is 0 Å². The van der Waals surface area contributed by atoms with E-state index in [1.165, 1.54) is 11.9 Å². The number of carbonyl (C=O) groups is 2. The minimum Gasteiger partial charge on any atom is -0.381 e. The lowest BCUT2D eigenvalue weighted by Crippen LogP contribution is -2.42. The maximum Gasteiger partial charge on any atom is 0.286 e. The number of hydrogen-bond donors (Lipinski definition) is 3. The number of aromatic nitrogens is 2. The van der Waals surface area contributed by atoms with E-state index in [4.69, 9.17) is 10.5 Å². The molecule has 1 saturated carbocycles. The van der Waals surface area contributed by atoms with Gasteiger partial charge in [-0.3, -0.25) is 14.3 Å². The first-order valence-electron chi connectivity index (χ1n) is 12.1. The first-order valence-corrected chi connectivity index (χ1v) is 13.3. The molecule has 1 aromatic carbocycles. The normalized spacial score (nSPS) is 17.1. The van der Waals surface area contributed by atoms with E-state index >= 15 is 0 Å². The molecule has 0 radical (unpaired) electrons. The zero-order valence-electron chi connectivity index (χ0n) is 20.5. The lowest BCUT2D eigenvalue weighted by molar-refractivity contribution is -0.121. The fourth-order valence-corrected chi connectivity index (χ4v) is 5.04. The summed E-state index contributed by atoms with van der Waals surface area (Å²) in [6, 6.07) is 6.66. The molecule has 2 amide bonds. The van der Waals surface area contributed by atoms with E-state index in [1.807, 2.05) is 6.26 Å². The molecule has 1 aliphatic carbocycles. The van der Waals surface area contributed by atoms with Gasteiger partial charge in [0.2, 0.25) is 11.7 Å². The fourth-order valence-electron chi connectivity index (χ4n) is 4.66. The molecular formula is C25H34N6O3S. The number of ether oxygens (including phenoxy) is 1. The zero-order valence-corrected chi connectivity index (χ0v) is 21.4. The number of amides is 2. The van der Waals surface area contributed by atoms with Crippen molar-refractivity contribution in [2.24, 2.45) is 11.7 Å². The zero-order chi connectivity index (χ0) is 25.0. The van der Waals surface area contributed by atoms with Crippen LogP contribution in [0.4, 0.5) is 17.1 Å². The van der Waals surface area contributed by atoms with Gasteiger partial charge in [-0.1, -0.05) is 31.9 Å². The van der Waals surface area contributed by atoms with E-state index in [9.17, 15) is 9.59 Å². The van der Waals surface area contributed by atoms with Gasteiger partial charge in [0.1, 0.15) is 0 Å². The summed E-state index contributed by atoms with van der Waals surface area (Å²) in [5.74, 6) is -0.192. The Labute approximate surface area is 210 Å². The van der Waals surface area contributed by atoms with Gasteiger partial charge in [0.15, 0.2) is 0 Å². The van der Waals surface area contributed by atoms with E-state index < -0.39 is 11.3 Å². The number of benzene rings is 1. The quantitative estimate of drug-likeness (QED) is 0.426. The van der Waals surface area contributed by atoms with E-state index in [2.05, 4.69) is 57.0 Å². The number of hydrogen-bond acceptors (Lipinski definition) is 8. The Balaban J connectivity index is 1.74. The van der Waals surface area contributed by atoms with Crippen LogP contribution in [0.25, 0.3) is 0 Å². The molecule has 2 aliphatic rings. The van der Waals surface area contributed by atoms with Crippen molar-refractivity contribution in [2.75, 3.05) is 36.2 Å². The highest BCUT2D eigenvalue weighted by Gasteiger charge is 2.51. The van der Waals surface area contributed by atoms with Crippen LogP contribution in [-0.4, -0.2) is 53.8 Å². The van der Waals surface area contributed by atoms with Crippen LogP contribution in [0.5, 0.6) is 0 Å². The monoisotopic (exact) mass is 498 g/mol. The molecule has 0 spiro atoms. The summed E-state index contributed by atoms with van der Waals surface area (Å²) < 4.78 is 8.54. The van der Waals surface area contributed by atoms with Crippen molar-refractivity contribution in [3.05, 3.63) is 42.0 Å². The van der Waals surface area contributed by atoms with Crippen molar-refractivity contribution in [3.63, 3.8) is 0 Å². The summed E-state index contributed by atoms with van der Waals surface area (Å²) in [6.07, 6.45) is 8.54. The molecule has 0 unspecified atom stereocenters. The third kappa shape index (κ3) is 5.70. The second kappa shape index (κ2) is 10.8. The lowest BCUT2D eigenvalue weighted by Gasteiger charge is -2.38. The molecule has 2 fully saturated rings. The minimum atomic E-state index is -0.669. The van der Waals surface area contributed by atoms with Gasteiger partial charge >= 0.3 is 0 Å². The minimum absolute atomic E-state index is 0.0289. The molecule has 188 valence electrons. The van der Waals surface area contributed by atoms with Crippen LogP contribution in [0.15, 0.2) is 30.6 Å². The summed E-state index contributed by atoms with van der Waals surface area (Å²) >= 11 is 1.33. The van der Waals surface area contributed by atoms with Crippen molar-refractivity contribution in [1.82, 2.24) is 14.7 Å². The molecule has 0 bridgehead atoms. The van der Waals surface area contributed by atoms with E-state index in [0.717, 1.165) is 62.4 Å². The second-order valence-electron chi connectivity index (χ2n) is 9.62. The van der Waals surface area contributed by atoms with Crippen LogP contribution in [0, 0.1) is 5.92 Å². The SMILES string of the molecule is CSNC(=O)C1(c2ccc(N(CC(C)C)C3CCOCC3)c(Nc3cnc(C(N)=O)nc3)c2)CC1. The van der Waals surface area contributed by atoms with Gasteiger partial charge in [0.05, 0.1) is 34.9 Å².